The van der Waals surface area contributed by atoms with E-state index < -0.39 is 0 Å². The summed E-state index contributed by atoms with van der Waals surface area (Å²) in [5, 5.41) is 1.08. The standard InChI is InChI=1S/C34H67BrO2/c1-3-5-7-9-11-20-24-28-32-36-34(37-33-29-25-21-12-10-8-6-4-2)30-26-22-18-16-14-13-15-17-19-23-27-31-35/h19,23,34H,3-18,20-22,24-33H2,1-2H3/b23-19+. The van der Waals surface area contributed by atoms with Gasteiger partial charge in [-0.1, -0.05) is 164 Å². The lowest BCUT2D eigenvalue weighted by Crippen LogP contribution is -2.19. The number of rotatable bonds is 32. The number of ether oxygens (including phenoxy) is 2. The van der Waals surface area contributed by atoms with Gasteiger partial charge in [-0.25, -0.2) is 0 Å². The van der Waals surface area contributed by atoms with E-state index in [2.05, 4.69) is 41.9 Å². The molecule has 0 spiro atoms. The van der Waals surface area contributed by atoms with Gasteiger partial charge in [0, 0.05) is 18.5 Å². The summed E-state index contributed by atoms with van der Waals surface area (Å²) >= 11 is 3.47. The Kier molecular flexibility index (Phi) is 34.3. The molecule has 0 unspecified atom stereocenters. The second-order valence-corrected chi connectivity index (χ2v) is 11.9. The van der Waals surface area contributed by atoms with Gasteiger partial charge in [-0.15, -0.1) is 0 Å². The molecule has 3 heteroatoms. The molecule has 0 aromatic heterocycles. The zero-order valence-corrected chi connectivity index (χ0v) is 27.0. The molecule has 0 aliphatic rings. The molecule has 0 aliphatic carbocycles. The second kappa shape index (κ2) is 34.2. The molecule has 0 saturated heterocycles. The average Bonchev–Trinajstić information content (AvgIpc) is 2.91. The van der Waals surface area contributed by atoms with Crippen molar-refractivity contribution in [2.45, 2.75) is 187 Å². The van der Waals surface area contributed by atoms with Crippen LogP contribution in [0.2, 0.25) is 0 Å². The summed E-state index contributed by atoms with van der Waals surface area (Å²) in [5.41, 5.74) is 0. The SMILES string of the molecule is CCCCCCCCCCOC(CCCCCCCCC/C=C/CCBr)OCCCCCCCCCC. The highest BCUT2D eigenvalue weighted by molar-refractivity contribution is 9.09. The monoisotopic (exact) mass is 586 g/mol. The third-order valence-corrected chi connectivity index (χ3v) is 7.81. The van der Waals surface area contributed by atoms with Crippen LogP contribution in [0.5, 0.6) is 0 Å². The number of hydrogen-bond acceptors (Lipinski definition) is 2. The Labute approximate surface area is 242 Å². The zero-order chi connectivity index (χ0) is 26.9. The Hall–Kier alpha value is 0.140. The van der Waals surface area contributed by atoms with E-state index in [9.17, 15) is 0 Å². The summed E-state index contributed by atoms with van der Waals surface area (Å²) in [7, 11) is 0. The van der Waals surface area contributed by atoms with Gasteiger partial charge in [-0.2, -0.15) is 0 Å². The lowest BCUT2D eigenvalue weighted by molar-refractivity contribution is -0.148. The lowest BCUT2D eigenvalue weighted by atomic mass is 10.1. The first-order valence-corrected chi connectivity index (χ1v) is 17.9. The van der Waals surface area contributed by atoms with Crippen molar-refractivity contribution in [1.82, 2.24) is 0 Å². The Morgan fingerprint density at radius 2 is 0.838 bits per heavy atom. The van der Waals surface area contributed by atoms with E-state index in [4.69, 9.17) is 9.47 Å². The number of halogens is 1. The van der Waals surface area contributed by atoms with Gasteiger partial charge >= 0.3 is 0 Å². The maximum absolute atomic E-state index is 6.23. The van der Waals surface area contributed by atoms with Gasteiger partial charge in [0.2, 0.25) is 0 Å². The fourth-order valence-corrected chi connectivity index (χ4v) is 5.14. The van der Waals surface area contributed by atoms with E-state index in [1.54, 1.807) is 0 Å². The van der Waals surface area contributed by atoms with Gasteiger partial charge in [0.15, 0.2) is 6.29 Å². The van der Waals surface area contributed by atoms with Gasteiger partial charge in [0.25, 0.3) is 0 Å². The fraction of sp³-hybridized carbons (Fsp3) is 0.941. The van der Waals surface area contributed by atoms with Crippen LogP contribution in [0.15, 0.2) is 12.2 Å². The summed E-state index contributed by atoms with van der Waals surface area (Å²) in [5.74, 6) is 0. The largest absolute Gasteiger partial charge is 0.353 e. The second-order valence-electron chi connectivity index (χ2n) is 11.1. The Balaban J connectivity index is 3.88. The molecule has 0 fully saturated rings. The first-order chi connectivity index (χ1) is 18.3. The first kappa shape index (κ1) is 37.1. The molecule has 0 saturated carbocycles. The van der Waals surface area contributed by atoms with E-state index in [-0.39, 0.29) is 6.29 Å². The van der Waals surface area contributed by atoms with Crippen LogP contribution < -0.4 is 0 Å². The van der Waals surface area contributed by atoms with Crippen LogP contribution >= 0.6 is 15.9 Å². The minimum atomic E-state index is 0.0282. The predicted octanol–water partition coefficient (Wildman–Crippen LogP) is 12.5. The summed E-state index contributed by atoms with van der Waals surface area (Å²) in [6.45, 7) is 6.33. The minimum Gasteiger partial charge on any atom is -0.353 e. The highest BCUT2D eigenvalue weighted by atomic mass is 79.9. The van der Waals surface area contributed by atoms with Gasteiger partial charge in [-0.05, 0) is 44.9 Å². The van der Waals surface area contributed by atoms with Crippen LogP contribution in [0.4, 0.5) is 0 Å². The number of alkyl halides is 1. The van der Waals surface area contributed by atoms with Crippen molar-refractivity contribution in [2.75, 3.05) is 18.5 Å². The van der Waals surface area contributed by atoms with Crippen LogP contribution in [0, 0.1) is 0 Å². The third-order valence-electron chi connectivity index (χ3n) is 7.36. The highest BCUT2D eigenvalue weighted by Gasteiger charge is 2.09. The Morgan fingerprint density at radius 1 is 0.459 bits per heavy atom. The van der Waals surface area contributed by atoms with Gasteiger partial charge < -0.3 is 9.47 Å². The zero-order valence-electron chi connectivity index (χ0n) is 25.4. The van der Waals surface area contributed by atoms with Crippen molar-refractivity contribution in [3.05, 3.63) is 12.2 Å². The van der Waals surface area contributed by atoms with Crippen LogP contribution in [0.1, 0.15) is 181 Å². The molecule has 0 aromatic carbocycles. The molecule has 0 amide bonds. The van der Waals surface area contributed by atoms with Crippen molar-refractivity contribution in [3.63, 3.8) is 0 Å². The lowest BCUT2D eigenvalue weighted by Gasteiger charge is -2.19. The fourth-order valence-electron chi connectivity index (χ4n) is 4.87. The number of allylic oxidation sites excluding steroid dienone is 2. The van der Waals surface area contributed by atoms with E-state index >= 15 is 0 Å². The molecule has 0 N–H and O–H groups in total. The molecule has 222 valence electrons. The predicted molar refractivity (Wildman–Crippen MR) is 170 cm³/mol. The molecule has 0 bridgehead atoms. The van der Waals surface area contributed by atoms with E-state index in [0.717, 1.165) is 31.4 Å². The van der Waals surface area contributed by atoms with Gasteiger partial charge in [0.05, 0.1) is 0 Å². The summed E-state index contributed by atoms with van der Waals surface area (Å²) < 4.78 is 12.5. The van der Waals surface area contributed by atoms with Crippen LogP contribution in [-0.2, 0) is 9.47 Å². The molecule has 0 radical (unpaired) electrons. The van der Waals surface area contributed by atoms with Crippen molar-refractivity contribution in [1.29, 1.82) is 0 Å². The molecular formula is C34H67BrO2. The smallest absolute Gasteiger partial charge is 0.157 e. The maximum Gasteiger partial charge on any atom is 0.157 e. The van der Waals surface area contributed by atoms with Gasteiger partial charge in [0.1, 0.15) is 0 Å². The molecule has 37 heavy (non-hydrogen) atoms. The molecule has 0 aromatic rings. The Morgan fingerprint density at radius 3 is 1.30 bits per heavy atom. The average molecular weight is 588 g/mol. The normalized spacial score (nSPS) is 11.9. The highest BCUT2D eigenvalue weighted by Crippen LogP contribution is 2.15. The van der Waals surface area contributed by atoms with Crippen molar-refractivity contribution in [3.8, 4) is 0 Å². The quantitative estimate of drug-likeness (QED) is 0.0337. The van der Waals surface area contributed by atoms with Crippen LogP contribution in [-0.4, -0.2) is 24.8 Å². The van der Waals surface area contributed by atoms with E-state index in [0.29, 0.717) is 0 Å². The number of hydrogen-bond donors (Lipinski definition) is 0. The van der Waals surface area contributed by atoms with Crippen LogP contribution in [0.3, 0.4) is 0 Å². The molecule has 0 aliphatic heterocycles. The first-order valence-electron chi connectivity index (χ1n) is 16.8. The molecule has 0 rings (SSSR count). The molecular weight excluding hydrogens is 520 g/mol. The van der Waals surface area contributed by atoms with Crippen molar-refractivity contribution in [2.24, 2.45) is 0 Å². The Bertz CT molecular complexity index is 404. The molecule has 0 atom stereocenters. The summed E-state index contributed by atoms with van der Waals surface area (Å²) in [4.78, 5) is 0. The van der Waals surface area contributed by atoms with Crippen molar-refractivity contribution >= 4 is 15.9 Å². The topological polar surface area (TPSA) is 18.5 Å². The van der Waals surface area contributed by atoms with Crippen LogP contribution in [0.25, 0.3) is 0 Å². The summed E-state index contributed by atoms with van der Waals surface area (Å²) in [6.07, 6.45) is 39.2. The maximum atomic E-state index is 6.23. The molecule has 2 nitrogen and oxygen atoms in total. The molecule has 0 heterocycles. The van der Waals surface area contributed by atoms with E-state index in [1.165, 1.54) is 154 Å². The third kappa shape index (κ3) is 32.3. The number of unbranched alkanes of at least 4 members (excludes halogenated alkanes) is 21. The van der Waals surface area contributed by atoms with E-state index in [1.807, 2.05) is 0 Å². The van der Waals surface area contributed by atoms with Crippen molar-refractivity contribution < 1.29 is 9.47 Å². The van der Waals surface area contributed by atoms with Gasteiger partial charge in [-0.3, -0.25) is 0 Å². The summed E-state index contributed by atoms with van der Waals surface area (Å²) in [6, 6.07) is 0. The minimum absolute atomic E-state index is 0.0282.